The molecule has 0 bridgehead atoms. The fraction of sp³-hybridized carbons (Fsp3) is 0.0909. The number of amides is 1. The summed E-state index contributed by atoms with van der Waals surface area (Å²) < 4.78 is 36.3. The van der Waals surface area contributed by atoms with E-state index in [4.69, 9.17) is 9.47 Å². The van der Waals surface area contributed by atoms with E-state index in [1.807, 2.05) is 0 Å². The average molecular weight is 435 g/mol. The van der Waals surface area contributed by atoms with E-state index in [0.29, 0.717) is 17.2 Å². The van der Waals surface area contributed by atoms with Gasteiger partial charge in [0.1, 0.15) is 5.69 Å². The van der Waals surface area contributed by atoms with Crippen molar-refractivity contribution in [1.29, 1.82) is 0 Å². The number of aromatic nitrogens is 2. The Bertz CT molecular complexity index is 1360. The molecule has 9 heteroatoms. The Morgan fingerprint density at radius 2 is 1.77 bits per heavy atom. The van der Waals surface area contributed by atoms with Crippen LogP contribution in [0.4, 0.5) is 0 Å². The van der Waals surface area contributed by atoms with E-state index in [1.54, 1.807) is 42.7 Å². The number of nitrogens with zero attached hydrogens (tertiary/aromatic N) is 1. The molecule has 3 heterocycles. The number of hydrogen-bond acceptors (Lipinski definition) is 6. The highest BCUT2D eigenvalue weighted by atomic mass is 32.2. The van der Waals surface area contributed by atoms with Crippen LogP contribution in [0.25, 0.3) is 10.9 Å². The number of ether oxygens (including phenoxy) is 2. The standard InChI is InChI=1S/C22H17N3O5S/c26-22(19-9-15-12-23-8-7-18(15)25-19)24-11-14-1-3-16(4-2-14)31(27,28)17-5-6-20-21(10-17)30-13-29-20/h1-10,12,25H,11,13H2,(H,24,26). The molecular formula is C22H17N3O5S. The largest absolute Gasteiger partial charge is 0.454 e. The van der Waals surface area contributed by atoms with Crippen molar-refractivity contribution in [2.75, 3.05) is 6.79 Å². The first-order chi connectivity index (χ1) is 15.0. The summed E-state index contributed by atoms with van der Waals surface area (Å²) in [5.74, 6) is 0.678. The van der Waals surface area contributed by atoms with Gasteiger partial charge in [0.25, 0.3) is 5.91 Å². The highest BCUT2D eigenvalue weighted by molar-refractivity contribution is 7.91. The molecule has 0 atom stereocenters. The van der Waals surface area contributed by atoms with E-state index in [-0.39, 0.29) is 29.0 Å². The lowest BCUT2D eigenvalue weighted by Crippen LogP contribution is -2.23. The minimum Gasteiger partial charge on any atom is -0.454 e. The maximum Gasteiger partial charge on any atom is 0.267 e. The Kier molecular flexibility index (Phi) is 4.59. The first-order valence-corrected chi connectivity index (χ1v) is 10.9. The monoisotopic (exact) mass is 435 g/mol. The van der Waals surface area contributed by atoms with Crippen LogP contribution in [-0.4, -0.2) is 31.1 Å². The van der Waals surface area contributed by atoms with E-state index in [2.05, 4.69) is 15.3 Å². The van der Waals surface area contributed by atoms with Gasteiger partial charge in [-0.2, -0.15) is 0 Å². The molecule has 0 fully saturated rings. The lowest BCUT2D eigenvalue weighted by Gasteiger charge is -2.08. The average Bonchev–Trinajstić information content (AvgIpc) is 3.44. The smallest absolute Gasteiger partial charge is 0.267 e. The van der Waals surface area contributed by atoms with Crippen LogP contribution in [-0.2, 0) is 16.4 Å². The first-order valence-electron chi connectivity index (χ1n) is 9.45. The van der Waals surface area contributed by atoms with Crippen molar-refractivity contribution in [2.45, 2.75) is 16.3 Å². The highest BCUT2D eigenvalue weighted by Crippen LogP contribution is 2.35. The molecule has 1 aliphatic heterocycles. The second-order valence-corrected chi connectivity index (χ2v) is 8.94. The topological polar surface area (TPSA) is 110 Å². The number of hydrogen-bond donors (Lipinski definition) is 2. The molecule has 31 heavy (non-hydrogen) atoms. The maximum absolute atomic E-state index is 12.9. The molecule has 0 aliphatic carbocycles. The van der Waals surface area contributed by atoms with Gasteiger partial charge in [0.05, 0.1) is 9.79 Å². The third-order valence-corrected chi connectivity index (χ3v) is 6.77. The SMILES string of the molecule is O=C(NCc1ccc(S(=O)(=O)c2ccc3c(c2)OCO3)cc1)c1cc2cnccc2[nH]1. The molecule has 0 spiro atoms. The number of sulfone groups is 1. The zero-order valence-corrected chi connectivity index (χ0v) is 17.0. The number of pyridine rings is 1. The van der Waals surface area contributed by atoms with Gasteiger partial charge >= 0.3 is 0 Å². The van der Waals surface area contributed by atoms with Crippen molar-refractivity contribution in [3.63, 3.8) is 0 Å². The van der Waals surface area contributed by atoms with Crippen LogP contribution < -0.4 is 14.8 Å². The first kappa shape index (κ1) is 19.1. The normalized spacial score (nSPS) is 12.8. The molecule has 0 unspecified atom stereocenters. The lowest BCUT2D eigenvalue weighted by molar-refractivity contribution is 0.0946. The predicted molar refractivity (Wildman–Crippen MR) is 112 cm³/mol. The molecule has 8 nitrogen and oxygen atoms in total. The van der Waals surface area contributed by atoms with Gasteiger partial charge in [0.15, 0.2) is 11.5 Å². The molecule has 2 N–H and O–H groups in total. The summed E-state index contributed by atoms with van der Waals surface area (Å²) in [4.78, 5) is 19.8. The Morgan fingerprint density at radius 3 is 2.58 bits per heavy atom. The molecule has 0 saturated carbocycles. The minimum absolute atomic E-state index is 0.0780. The zero-order valence-electron chi connectivity index (χ0n) is 16.2. The second-order valence-electron chi connectivity index (χ2n) is 6.99. The highest BCUT2D eigenvalue weighted by Gasteiger charge is 2.22. The molecule has 5 rings (SSSR count). The van der Waals surface area contributed by atoms with Crippen molar-refractivity contribution in [2.24, 2.45) is 0 Å². The van der Waals surface area contributed by atoms with Crippen LogP contribution in [0, 0.1) is 0 Å². The van der Waals surface area contributed by atoms with E-state index >= 15 is 0 Å². The van der Waals surface area contributed by atoms with Crippen LogP contribution >= 0.6 is 0 Å². The summed E-state index contributed by atoms with van der Waals surface area (Å²) in [5.41, 5.74) is 2.04. The lowest BCUT2D eigenvalue weighted by atomic mass is 10.2. The number of nitrogens with one attached hydrogen (secondary N) is 2. The predicted octanol–water partition coefficient (Wildman–Crippen LogP) is 3.05. The van der Waals surface area contributed by atoms with Crippen LogP contribution in [0.3, 0.4) is 0 Å². The number of carbonyl (C=O) groups excluding carboxylic acids is 1. The summed E-state index contributed by atoms with van der Waals surface area (Å²) in [6.45, 7) is 0.339. The van der Waals surface area contributed by atoms with Gasteiger partial charge in [-0.1, -0.05) is 12.1 Å². The van der Waals surface area contributed by atoms with Crippen LogP contribution in [0.5, 0.6) is 11.5 Å². The molecule has 0 radical (unpaired) electrons. The zero-order chi connectivity index (χ0) is 21.4. The van der Waals surface area contributed by atoms with Gasteiger partial charge in [0.2, 0.25) is 16.6 Å². The van der Waals surface area contributed by atoms with E-state index < -0.39 is 9.84 Å². The van der Waals surface area contributed by atoms with Crippen molar-refractivity contribution in [1.82, 2.24) is 15.3 Å². The number of H-pyrrole nitrogens is 1. The quantitative estimate of drug-likeness (QED) is 0.499. The number of carbonyl (C=O) groups is 1. The Balaban J connectivity index is 1.29. The van der Waals surface area contributed by atoms with Crippen molar-refractivity contribution in [3.05, 3.63) is 78.2 Å². The molecule has 1 amide bonds. The summed E-state index contributed by atoms with van der Waals surface area (Å²) in [6, 6.07) is 14.5. The van der Waals surface area contributed by atoms with Gasteiger partial charge < -0.3 is 19.8 Å². The summed E-state index contributed by atoms with van der Waals surface area (Å²) >= 11 is 0. The fourth-order valence-electron chi connectivity index (χ4n) is 3.34. The minimum atomic E-state index is -3.70. The maximum atomic E-state index is 12.9. The van der Waals surface area contributed by atoms with E-state index in [9.17, 15) is 13.2 Å². The van der Waals surface area contributed by atoms with Gasteiger partial charge in [-0.15, -0.1) is 0 Å². The van der Waals surface area contributed by atoms with Gasteiger partial charge in [-0.3, -0.25) is 9.78 Å². The molecule has 2 aromatic carbocycles. The van der Waals surface area contributed by atoms with E-state index in [1.165, 1.54) is 24.3 Å². The summed E-state index contributed by atoms with van der Waals surface area (Å²) in [7, 11) is -3.70. The van der Waals surface area contributed by atoms with Gasteiger partial charge in [-0.25, -0.2) is 8.42 Å². The van der Waals surface area contributed by atoms with Crippen LogP contribution in [0.1, 0.15) is 16.1 Å². The molecule has 2 aromatic heterocycles. The number of rotatable bonds is 5. The van der Waals surface area contributed by atoms with E-state index in [0.717, 1.165) is 16.5 Å². The van der Waals surface area contributed by atoms with Crippen LogP contribution in [0.15, 0.2) is 76.8 Å². The van der Waals surface area contributed by atoms with Crippen molar-refractivity contribution >= 4 is 26.6 Å². The van der Waals surface area contributed by atoms with Gasteiger partial charge in [0, 0.05) is 35.9 Å². The number of aromatic amines is 1. The summed E-state index contributed by atoms with van der Waals surface area (Å²) in [5, 5.41) is 3.68. The molecule has 156 valence electrons. The third-order valence-electron chi connectivity index (χ3n) is 5.01. The molecule has 1 aliphatic rings. The Labute approximate surface area is 177 Å². The fourth-order valence-corrected chi connectivity index (χ4v) is 4.61. The van der Waals surface area contributed by atoms with Crippen LogP contribution in [0.2, 0.25) is 0 Å². The molecule has 4 aromatic rings. The molecule has 0 saturated heterocycles. The Hall–Kier alpha value is -3.85. The third kappa shape index (κ3) is 3.59. The number of fused-ring (bicyclic) bond motifs is 2. The molecular weight excluding hydrogens is 418 g/mol. The number of benzene rings is 2. The van der Waals surface area contributed by atoms with Gasteiger partial charge in [-0.05, 0) is 42.0 Å². The summed E-state index contributed by atoms with van der Waals surface area (Å²) in [6.07, 6.45) is 3.33. The Morgan fingerprint density at radius 1 is 1.00 bits per heavy atom. The second kappa shape index (κ2) is 7.44. The van der Waals surface area contributed by atoms with Crippen molar-refractivity contribution in [3.8, 4) is 11.5 Å². The van der Waals surface area contributed by atoms with Crippen molar-refractivity contribution < 1.29 is 22.7 Å².